The van der Waals surface area contributed by atoms with Crippen molar-refractivity contribution in [2.24, 2.45) is 5.10 Å². The Morgan fingerprint density at radius 2 is 1.93 bits per heavy atom. The molecule has 0 aliphatic rings. The van der Waals surface area contributed by atoms with E-state index in [4.69, 9.17) is 9.47 Å². The number of rotatable bonds is 7. The number of aryl methyl sites for hydroxylation is 1. The minimum absolute atomic E-state index is 0.0929. The molecule has 1 N–H and O–H groups in total. The maximum atomic E-state index is 12.5. The smallest absolute Gasteiger partial charge is 0.312 e. The van der Waals surface area contributed by atoms with Crippen molar-refractivity contribution in [2.75, 3.05) is 14.2 Å². The molecule has 0 bridgehead atoms. The van der Waals surface area contributed by atoms with E-state index in [1.807, 2.05) is 0 Å². The number of hydrogen-bond acceptors (Lipinski definition) is 7. The molecule has 0 radical (unpaired) electrons. The van der Waals surface area contributed by atoms with Gasteiger partial charge in [-0.15, -0.1) is 0 Å². The number of amides is 1. The fraction of sp³-hybridized carbons (Fsp3) is 0.389. The lowest BCUT2D eigenvalue weighted by atomic mass is 10.1. The first-order chi connectivity index (χ1) is 13.2. The largest absolute Gasteiger partial charge is 0.493 e. The van der Waals surface area contributed by atoms with Crippen LogP contribution in [0.5, 0.6) is 11.5 Å². The highest BCUT2D eigenvalue weighted by atomic mass is 16.6. The summed E-state index contributed by atoms with van der Waals surface area (Å²) in [7, 11) is 3.08. The highest BCUT2D eigenvalue weighted by molar-refractivity contribution is 5.99. The standard InChI is InChI=1S/C18H23N5O5/c1-10(14-7-8-15(27-5)16(9-14)28-6)19-20-18(24)13(4)22-12(3)17(23(25)26)11(2)21-22/h7-9,13H,1-6H3,(H,20,24)/b19-10+. The number of hydrogen-bond donors (Lipinski definition) is 1. The van der Waals surface area contributed by atoms with Gasteiger partial charge in [-0.1, -0.05) is 0 Å². The SMILES string of the molecule is COc1ccc(/C(C)=N/NC(=O)C(C)n2nc(C)c([N+](=O)[O-])c2C)cc1OC. The van der Waals surface area contributed by atoms with Gasteiger partial charge in [-0.25, -0.2) is 5.43 Å². The molecule has 10 nitrogen and oxygen atoms in total. The average Bonchev–Trinajstić information content (AvgIpc) is 2.98. The minimum Gasteiger partial charge on any atom is -0.493 e. The van der Waals surface area contributed by atoms with Crippen molar-refractivity contribution in [1.82, 2.24) is 15.2 Å². The lowest BCUT2D eigenvalue weighted by molar-refractivity contribution is -0.386. The number of hydrazone groups is 1. The fourth-order valence-electron chi connectivity index (χ4n) is 2.76. The van der Waals surface area contributed by atoms with Crippen molar-refractivity contribution < 1.29 is 19.2 Å². The van der Waals surface area contributed by atoms with Gasteiger partial charge >= 0.3 is 5.69 Å². The normalized spacial score (nSPS) is 12.4. The van der Waals surface area contributed by atoms with Crippen LogP contribution >= 0.6 is 0 Å². The van der Waals surface area contributed by atoms with E-state index in [9.17, 15) is 14.9 Å². The van der Waals surface area contributed by atoms with Crippen molar-refractivity contribution in [3.8, 4) is 11.5 Å². The number of ether oxygens (including phenoxy) is 2. The zero-order valence-corrected chi connectivity index (χ0v) is 16.6. The van der Waals surface area contributed by atoms with Gasteiger partial charge in [0.2, 0.25) is 0 Å². The van der Waals surface area contributed by atoms with Crippen LogP contribution in [0.25, 0.3) is 0 Å². The van der Waals surface area contributed by atoms with Crippen LogP contribution in [0, 0.1) is 24.0 Å². The number of benzene rings is 1. The molecule has 1 aromatic heterocycles. The van der Waals surface area contributed by atoms with Crippen LogP contribution in [0.3, 0.4) is 0 Å². The Hall–Kier alpha value is -3.43. The van der Waals surface area contributed by atoms with Crippen molar-refractivity contribution in [2.45, 2.75) is 33.7 Å². The van der Waals surface area contributed by atoms with Crippen molar-refractivity contribution >= 4 is 17.3 Å². The number of aromatic nitrogens is 2. The first-order valence-corrected chi connectivity index (χ1v) is 8.47. The molecule has 0 aliphatic carbocycles. The van der Waals surface area contributed by atoms with Gasteiger partial charge in [-0.2, -0.15) is 10.2 Å². The molecular formula is C18H23N5O5. The maximum absolute atomic E-state index is 12.5. The third kappa shape index (κ3) is 4.11. The molecule has 28 heavy (non-hydrogen) atoms. The number of nitro groups is 1. The molecule has 0 saturated carbocycles. The molecule has 1 heterocycles. The van der Waals surface area contributed by atoms with Crippen molar-refractivity contribution in [3.05, 3.63) is 45.3 Å². The number of carbonyl (C=O) groups excluding carboxylic acids is 1. The minimum atomic E-state index is -0.769. The summed E-state index contributed by atoms with van der Waals surface area (Å²) in [6.07, 6.45) is 0. The van der Waals surface area contributed by atoms with Gasteiger partial charge in [0, 0.05) is 5.56 Å². The van der Waals surface area contributed by atoms with Crippen LogP contribution < -0.4 is 14.9 Å². The zero-order chi connectivity index (χ0) is 21.0. The molecule has 10 heteroatoms. The first kappa shape index (κ1) is 20.9. The van der Waals surface area contributed by atoms with Gasteiger partial charge in [-0.3, -0.25) is 19.6 Å². The first-order valence-electron chi connectivity index (χ1n) is 8.47. The molecule has 0 fully saturated rings. The Kier molecular flexibility index (Phi) is 6.34. The number of carbonyl (C=O) groups is 1. The molecule has 150 valence electrons. The van der Waals surface area contributed by atoms with E-state index in [1.165, 1.54) is 18.7 Å². The maximum Gasteiger partial charge on any atom is 0.312 e. The highest BCUT2D eigenvalue weighted by Gasteiger charge is 2.27. The van der Waals surface area contributed by atoms with Crippen molar-refractivity contribution in [1.29, 1.82) is 0 Å². The molecule has 1 aromatic carbocycles. The monoisotopic (exact) mass is 389 g/mol. The van der Waals surface area contributed by atoms with E-state index in [-0.39, 0.29) is 11.4 Å². The molecule has 0 aliphatic heterocycles. The van der Waals surface area contributed by atoms with Gasteiger partial charge in [-0.05, 0) is 45.9 Å². The number of methoxy groups -OCH3 is 2. The number of nitrogens with zero attached hydrogens (tertiary/aromatic N) is 4. The number of nitrogens with one attached hydrogen (secondary N) is 1. The van der Waals surface area contributed by atoms with Gasteiger partial charge in [0.25, 0.3) is 5.91 Å². The van der Waals surface area contributed by atoms with Crippen LogP contribution in [-0.2, 0) is 4.79 Å². The molecule has 1 atom stereocenters. The molecular weight excluding hydrogens is 366 g/mol. The fourth-order valence-corrected chi connectivity index (χ4v) is 2.76. The van der Waals surface area contributed by atoms with E-state index in [0.717, 1.165) is 5.56 Å². The predicted molar refractivity (Wildman–Crippen MR) is 103 cm³/mol. The Labute approximate surface area is 162 Å². The summed E-state index contributed by atoms with van der Waals surface area (Å²) in [6, 6.07) is 4.51. The van der Waals surface area contributed by atoms with Gasteiger partial charge in [0.05, 0.1) is 24.9 Å². The third-order valence-corrected chi connectivity index (χ3v) is 4.35. The van der Waals surface area contributed by atoms with Crippen LogP contribution in [-0.4, -0.2) is 40.5 Å². The van der Waals surface area contributed by atoms with Crippen LogP contribution in [0.1, 0.15) is 36.8 Å². The summed E-state index contributed by atoms with van der Waals surface area (Å²) < 4.78 is 11.8. The van der Waals surface area contributed by atoms with Crippen LogP contribution in [0.2, 0.25) is 0 Å². The molecule has 2 rings (SSSR count). The highest BCUT2D eigenvalue weighted by Crippen LogP contribution is 2.28. The lowest BCUT2D eigenvalue weighted by Crippen LogP contribution is -2.29. The zero-order valence-electron chi connectivity index (χ0n) is 16.6. The summed E-state index contributed by atoms with van der Waals surface area (Å²) >= 11 is 0. The molecule has 0 spiro atoms. The lowest BCUT2D eigenvalue weighted by Gasteiger charge is -2.13. The Bertz CT molecular complexity index is 935. The topological polar surface area (TPSA) is 121 Å². The van der Waals surface area contributed by atoms with Gasteiger partial charge in [0.1, 0.15) is 17.4 Å². The van der Waals surface area contributed by atoms with E-state index in [0.29, 0.717) is 22.9 Å². The Morgan fingerprint density at radius 3 is 2.46 bits per heavy atom. The van der Waals surface area contributed by atoms with E-state index < -0.39 is 16.9 Å². The summed E-state index contributed by atoms with van der Waals surface area (Å²) in [6.45, 7) is 6.42. The molecule has 2 aromatic rings. The summed E-state index contributed by atoms with van der Waals surface area (Å²) in [5.74, 6) is 0.687. The molecule has 1 unspecified atom stereocenters. The second kappa shape index (κ2) is 8.51. The van der Waals surface area contributed by atoms with Gasteiger partial charge < -0.3 is 9.47 Å². The Morgan fingerprint density at radius 1 is 1.29 bits per heavy atom. The third-order valence-electron chi connectivity index (χ3n) is 4.35. The van der Waals surface area contributed by atoms with Gasteiger partial charge in [0.15, 0.2) is 11.5 Å². The van der Waals surface area contributed by atoms with E-state index >= 15 is 0 Å². The Balaban J connectivity index is 2.19. The van der Waals surface area contributed by atoms with Crippen LogP contribution in [0.15, 0.2) is 23.3 Å². The molecule has 1 amide bonds. The molecule has 0 saturated heterocycles. The van der Waals surface area contributed by atoms with E-state index in [2.05, 4.69) is 15.6 Å². The summed E-state index contributed by atoms with van der Waals surface area (Å²) in [5, 5.41) is 19.4. The van der Waals surface area contributed by atoms with Crippen molar-refractivity contribution in [3.63, 3.8) is 0 Å². The predicted octanol–water partition coefficient (Wildman–Crippen LogP) is 2.53. The second-order valence-electron chi connectivity index (χ2n) is 6.14. The van der Waals surface area contributed by atoms with Crippen LogP contribution in [0.4, 0.5) is 5.69 Å². The summed E-state index contributed by atoms with van der Waals surface area (Å²) in [4.78, 5) is 23.1. The summed E-state index contributed by atoms with van der Waals surface area (Å²) in [5.41, 5.74) is 4.25. The van der Waals surface area contributed by atoms with E-state index in [1.54, 1.807) is 46.1 Å². The second-order valence-corrected chi connectivity index (χ2v) is 6.14. The quantitative estimate of drug-likeness (QED) is 0.441. The average molecular weight is 389 g/mol.